The maximum absolute atomic E-state index is 12.2. The van der Waals surface area contributed by atoms with E-state index in [1.165, 1.54) is 5.56 Å². The first-order chi connectivity index (χ1) is 13.1. The summed E-state index contributed by atoms with van der Waals surface area (Å²) in [5.74, 6) is 1.85. The minimum absolute atomic E-state index is 0.166. The van der Waals surface area contributed by atoms with Crippen molar-refractivity contribution in [2.75, 3.05) is 26.7 Å². The molecular formula is C22H25ClN2O2. The highest BCUT2D eigenvalue weighted by atomic mass is 35.5. The number of methoxy groups -OCH3 is 1. The second-order valence-electron chi connectivity index (χ2n) is 7.58. The molecule has 27 heavy (non-hydrogen) atoms. The van der Waals surface area contributed by atoms with E-state index in [9.17, 15) is 4.79 Å². The van der Waals surface area contributed by atoms with Crippen LogP contribution in [0.3, 0.4) is 0 Å². The maximum Gasteiger partial charge on any atom is 0.219 e. The SMILES string of the molecule is COc1cccc(CN2C[C@@H]3CN(C(C)=O)[C@H](c4ccccc4)[C@@H]3C2)c1Cl. The Labute approximate surface area is 165 Å². The highest BCUT2D eigenvalue weighted by Gasteiger charge is 2.48. The van der Waals surface area contributed by atoms with E-state index in [0.717, 1.165) is 37.5 Å². The summed E-state index contributed by atoms with van der Waals surface area (Å²) >= 11 is 6.49. The summed E-state index contributed by atoms with van der Waals surface area (Å²) in [4.78, 5) is 16.7. The summed E-state index contributed by atoms with van der Waals surface area (Å²) in [7, 11) is 1.64. The number of benzene rings is 2. The first kappa shape index (κ1) is 18.3. The number of rotatable bonds is 4. The van der Waals surface area contributed by atoms with Crippen LogP contribution in [-0.2, 0) is 11.3 Å². The number of halogens is 1. The van der Waals surface area contributed by atoms with Gasteiger partial charge in [-0.3, -0.25) is 9.69 Å². The fourth-order valence-corrected chi connectivity index (χ4v) is 5.01. The van der Waals surface area contributed by atoms with E-state index >= 15 is 0 Å². The van der Waals surface area contributed by atoms with Gasteiger partial charge in [0.1, 0.15) is 5.75 Å². The summed E-state index contributed by atoms with van der Waals surface area (Å²) in [6.45, 7) is 5.30. The Morgan fingerprint density at radius 3 is 2.59 bits per heavy atom. The molecule has 0 aromatic heterocycles. The van der Waals surface area contributed by atoms with Gasteiger partial charge in [0.25, 0.3) is 0 Å². The fourth-order valence-electron chi connectivity index (χ4n) is 4.74. The summed E-state index contributed by atoms with van der Waals surface area (Å²) < 4.78 is 5.35. The van der Waals surface area contributed by atoms with E-state index in [4.69, 9.17) is 16.3 Å². The van der Waals surface area contributed by atoms with Crippen LogP contribution in [0.15, 0.2) is 48.5 Å². The molecule has 2 heterocycles. The van der Waals surface area contributed by atoms with Gasteiger partial charge >= 0.3 is 0 Å². The second-order valence-corrected chi connectivity index (χ2v) is 7.96. The average molecular weight is 385 g/mol. The molecule has 0 unspecified atom stereocenters. The third kappa shape index (κ3) is 3.44. The molecule has 142 valence electrons. The van der Waals surface area contributed by atoms with Gasteiger partial charge in [0, 0.05) is 39.0 Å². The first-order valence-corrected chi connectivity index (χ1v) is 9.82. The molecule has 0 N–H and O–H groups in total. The third-order valence-corrected chi connectivity index (χ3v) is 6.37. The molecule has 2 fully saturated rings. The lowest BCUT2D eigenvalue weighted by molar-refractivity contribution is -0.130. The van der Waals surface area contributed by atoms with Crippen LogP contribution < -0.4 is 4.74 Å². The molecule has 1 amide bonds. The van der Waals surface area contributed by atoms with Crippen molar-refractivity contribution in [3.63, 3.8) is 0 Å². The minimum atomic E-state index is 0.166. The standard InChI is InChI=1S/C22H25ClN2O2/c1-15(26)25-13-18-12-24(11-17-9-6-10-20(27-2)21(17)23)14-19(18)22(25)16-7-4-3-5-8-16/h3-10,18-19,22H,11-14H2,1-2H3/t18-,19-,22-/m1/s1. The Hall–Kier alpha value is -2.04. The van der Waals surface area contributed by atoms with Gasteiger partial charge in [-0.25, -0.2) is 0 Å². The topological polar surface area (TPSA) is 32.8 Å². The van der Waals surface area contributed by atoms with Gasteiger partial charge in [-0.15, -0.1) is 0 Å². The molecule has 3 atom stereocenters. The summed E-state index contributed by atoms with van der Waals surface area (Å²) in [5, 5.41) is 0.696. The number of hydrogen-bond donors (Lipinski definition) is 0. The van der Waals surface area contributed by atoms with Gasteiger partial charge in [-0.2, -0.15) is 0 Å². The van der Waals surface area contributed by atoms with Crippen molar-refractivity contribution in [1.82, 2.24) is 9.80 Å². The molecule has 2 aromatic carbocycles. The lowest BCUT2D eigenvalue weighted by Crippen LogP contribution is -2.34. The lowest BCUT2D eigenvalue weighted by Gasteiger charge is -2.29. The van der Waals surface area contributed by atoms with Crippen LogP contribution in [0.25, 0.3) is 0 Å². The van der Waals surface area contributed by atoms with Crippen molar-refractivity contribution in [2.24, 2.45) is 11.8 Å². The number of nitrogens with zero attached hydrogens (tertiary/aromatic N) is 2. The largest absolute Gasteiger partial charge is 0.495 e. The summed E-state index contributed by atoms with van der Waals surface area (Å²) in [5.41, 5.74) is 2.33. The summed E-state index contributed by atoms with van der Waals surface area (Å²) in [6.07, 6.45) is 0. The van der Waals surface area contributed by atoms with E-state index in [0.29, 0.717) is 16.9 Å². The quantitative estimate of drug-likeness (QED) is 0.798. The molecule has 4 nitrogen and oxygen atoms in total. The minimum Gasteiger partial charge on any atom is -0.495 e. The highest BCUT2D eigenvalue weighted by molar-refractivity contribution is 6.32. The fraction of sp³-hybridized carbons (Fsp3) is 0.409. The Morgan fingerprint density at radius 2 is 1.89 bits per heavy atom. The monoisotopic (exact) mass is 384 g/mol. The number of carbonyl (C=O) groups excluding carboxylic acids is 1. The molecule has 0 spiro atoms. The van der Waals surface area contributed by atoms with Gasteiger partial charge in [0.15, 0.2) is 0 Å². The molecule has 2 aliphatic rings. The van der Waals surface area contributed by atoms with Crippen LogP contribution in [0, 0.1) is 11.8 Å². The molecule has 2 saturated heterocycles. The van der Waals surface area contributed by atoms with Crippen molar-refractivity contribution in [3.05, 3.63) is 64.7 Å². The molecule has 0 bridgehead atoms. The summed E-state index contributed by atoms with van der Waals surface area (Å²) in [6, 6.07) is 16.5. The zero-order valence-corrected chi connectivity index (χ0v) is 16.5. The number of ether oxygens (including phenoxy) is 1. The van der Waals surface area contributed by atoms with E-state index in [-0.39, 0.29) is 11.9 Å². The number of fused-ring (bicyclic) bond motifs is 1. The number of hydrogen-bond acceptors (Lipinski definition) is 3. The molecular weight excluding hydrogens is 360 g/mol. The number of carbonyl (C=O) groups is 1. The van der Waals surface area contributed by atoms with Crippen molar-refractivity contribution in [2.45, 2.75) is 19.5 Å². The Kier molecular flexibility index (Phi) is 5.11. The normalized spacial score (nSPS) is 24.9. The van der Waals surface area contributed by atoms with Gasteiger partial charge in [0.2, 0.25) is 5.91 Å². The van der Waals surface area contributed by atoms with Crippen molar-refractivity contribution in [1.29, 1.82) is 0 Å². The van der Waals surface area contributed by atoms with Gasteiger partial charge in [0.05, 0.1) is 18.2 Å². The van der Waals surface area contributed by atoms with Gasteiger partial charge in [-0.05, 0) is 23.1 Å². The van der Waals surface area contributed by atoms with Crippen molar-refractivity contribution < 1.29 is 9.53 Å². The molecule has 2 aliphatic heterocycles. The molecule has 5 heteroatoms. The number of amides is 1. The van der Waals surface area contributed by atoms with Gasteiger partial charge in [-0.1, -0.05) is 54.1 Å². The van der Waals surface area contributed by atoms with Gasteiger partial charge < -0.3 is 9.64 Å². The molecule has 2 aromatic rings. The van der Waals surface area contributed by atoms with Crippen LogP contribution in [0.2, 0.25) is 5.02 Å². The van der Waals surface area contributed by atoms with Crippen LogP contribution in [0.5, 0.6) is 5.75 Å². The van der Waals surface area contributed by atoms with Crippen LogP contribution in [0.1, 0.15) is 24.1 Å². The first-order valence-electron chi connectivity index (χ1n) is 9.44. The Bertz CT molecular complexity index is 826. The molecule has 4 rings (SSSR count). The van der Waals surface area contributed by atoms with E-state index in [1.54, 1.807) is 14.0 Å². The van der Waals surface area contributed by atoms with Crippen molar-refractivity contribution in [3.8, 4) is 5.75 Å². The number of likely N-dealkylation sites (tertiary alicyclic amines) is 2. The average Bonchev–Trinajstić information content (AvgIpc) is 3.21. The molecule has 0 saturated carbocycles. The zero-order chi connectivity index (χ0) is 19.0. The molecule has 0 radical (unpaired) electrons. The molecule has 0 aliphatic carbocycles. The maximum atomic E-state index is 12.2. The van der Waals surface area contributed by atoms with Crippen LogP contribution in [-0.4, -0.2) is 42.5 Å². The van der Waals surface area contributed by atoms with E-state index in [2.05, 4.69) is 40.1 Å². The predicted octanol–water partition coefficient (Wildman–Crippen LogP) is 4.00. The Balaban J connectivity index is 1.54. The lowest BCUT2D eigenvalue weighted by atomic mass is 9.89. The van der Waals surface area contributed by atoms with E-state index < -0.39 is 0 Å². The van der Waals surface area contributed by atoms with E-state index in [1.807, 2.05) is 18.2 Å². The van der Waals surface area contributed by atoms with Crippen LogP contribution in [0.4, 0.5) is 0 Å². The third-order valence-electron chi connectivity index (χ3n) is 5.94. The van der Waals surface area contributed by atoms with Crippen molar-refractivity contribution >= 4 is 17.5 Å². The predicted molar refractivity (Wildman–Crippen MR) is 107 cm³/mol. The van der Waals surface area contributed by atoms with Crippen LogP contribution >= 0.6 is 11.6 Å². The Morgan fingerprint density at radius 1 is 1.11 bits per heavy atom. The smallest absolute Gasteiger partial charge is 0.219 e. The highest BCUT2D eigenvalue weighted by Crippen LogP contribution is 2.45. The zero-order valence-electron chi connectivity index (χ0n) is 15.8. The second kappa shape index (κ2) is 7.53.